The highest BCUT2D eigenvalue weighted by molar-refractivity contribution is 5.54. The summed E-state index contributed by atoms with van der Waals surface area (Å²) in [5.41, 5.74) is -0.852. The molecule has 1 aliphatic carbocycles. The molecule has 0 bridgehead atoms. The van der Waals surface area contributed by atoms with Crippen LogP contribution >= 0.6 is 0 Å². The summed E-state index contributed by atoms with van der Waals surface area (Å²) in [4.78, 5) is 9.92. The molecule has 0 heterocycles. The first-order chi connectivity index (χ1) is 9.06. The number of anilines is 1. The Hall–Kier alpha value is -2.16. The second-order valence-electron chi connectivity index (χ2n) is 4.80. The number of hydrogen-bond donors (Lipinski definition) is 1. The van der Waals surface area contributed by atoms with Crippen molar-refractivity contribution >= 4 is 11.4 Å². The SMILES string of the molecule is N#CC1(Nc2ccc(F)c([N+](=O)[O-])c2)CCCCC1. The third-order valence-electron chi connectivity index (χ3n) is 3.45. The van der Waals surface area contributed by atoms with Gasteiger partial charge < -0.3 is 5.32 Å². The first-order valence-corrected chi connectivity index (χ1v) is 6.20. The van der Waals surface area contributed by atoms with Crippen molar-refractivity contribution in [2.45, 2.75) is 37.6 Å². The van der Waals surface area contributed by atoms with E-state index in [-0.39, 0.29) is 0 Å². The second-order valence-corrected chi connectivity index (χ2v) is 4.80. The Bertz CT molecular complexity index is 533. The van der Waals surface area contributed by atoms with E-state index in [1.807, 2.05) is 0 Å². The standard InChI is InChI=1S/C13H14FN3O2/c14-11-5-4-10(8-12(11)17(18)19)16-13(9-15)6-2-1-3-7-13/h4-5,8,16H,1-3,6-7H2. The van der Waals surface area contributed by atoms with Crippen molar-refractivity contribution < 1.29 is 9.31 Å². The van der Waals surface area contributed by atoms with Crippen molar-refractivity contribution in [2.24, 2.45) is 0 Å². The van der Waals surface area contributed by atoms with Crippen molar-refractivity contribution in [1.29, 1.82) is 5.26 Å². The zero-order chi connectivity index (χ0) is 13.9. The van der Waals surface area contributed by atoms with Gasteiger partial charge in [-0.15, -0.1) is 0 Å². The third kappa shape index (κ3) is 2.81. The zero-order valence-corrected chi connectivity index (χ0v) is 10.4. The van der Waals surface area contributed by atoms with E-state index in [0.29, 0.717) is 18.5 Å². The summed E-state index contributed by atoms with van der Waals surface area (Å²) >= 11 is 0. The summed E-state index contributed by atoms with van der Waals surface area (Å²) < 4.78 is 13.2. The second kappa shape index (κ2) is 5.22. The van der Waals surface area contributed by atoms with E-state index < -0.39 is 22.0 Å². The Balaban J connectivity index is 2.25. The highest BCUT2D eigenvalue weighted by Gasteiger charge is 2.32. The number of nitrogens with one attached hydrogen (secondary N) is 1. The van der Waals surface area contributed by atoms with Crippen molar-refractivity contribution in [3.05, 3.63) is 34.1 Å². The molecule has 19 heavy (non-hydrogen) atoms. The minimum absolute atomic E-state index is 0.413. The number of rotatable bonds is 3. The van der Waals surface area contributed by atoms with E-state index in [4.69, 9.17) is 0 Å². The van der Waals surface area contributed by atoms with E-state index in [1.165, 1.54) is 6.07 Å². The fraction of sp³-hybridized carbons (Fsp3) is 0.462. The van der Waals surface area contributed by atoms with Crippen LogP contribution in [0.15, 0.2) is 18.2 Å². The topological polar surface area (TPSA) is 79.0 Å². The molecule has 2 rings (SSSR count). The molecule has 1 aliphatic rings. The number of nitro groups is 1. The van der Waals surface area contributed by atoms with E-state index in [1.54, 1.807) is 0 Å². The van der Waals surface area contributed by atoms with Crippen LogP contribution in [-0.4, -0.2) is 10.5 Å². The zero-order valence-electron chi connectivity index (χ0n) is 10.4. The van der Waals surface area contributed by atoms with E-state index in [0.717, 1.165) is 31.4 Å². The van der Waals surface area contributed by atoms with Gasteiger partial charge in [-0.2, -0.15) is 9.65 Å². The Morgan fingerprint density at radius 2 is 2.05 bits per heavy atom. The van der Waals surface area contributed by atoms with Gasteiger partial charge in [0.1, 0.15) is 5.54 Å². The van der Waals surface area contributed by atoms with Gasteiger partial charge in [-0.05, 0) is 25.0 Å². The van der Waals surface area contributed by atoms with Gasteiger partial charge >= 0.3 is 5.69 Å². The molecule has 0 radical (unpaired) electrons. The number of benzene rings is 1. The molecule has 100 valence electrons. The lowest BCUT2D eigenvalue weighted by atomic mass is 9.82. The van der Waals surface area contributed by atoms with E-state index in [2.05, 4.69) is 11.4 Å². The molecule has 0 unspecified atom stereocenters. The van der Waals surface area contributed by atoms with Gasteiger partial charge in [0.05, 0.1) is 11.0 Å². The molecule has 6 heteroatoms. The van der Waals surface area contributed by atoms with E-state index >= 15 is 0 Å². The highest BCUT2D eigenvalue weighted by Crippen LogP contribution is 2.32. The molecule has 0 amide bonds. The van der Waals surface area contributed by atoms with Gasteiger partial charge in [0.15, 0.2) is 0 Å². The summed E-state index contributed by atoms with van der Waals surface area (Å²) in [7, 11) is 0. The fourth-order valence-corrected chi connectivity index (χ4v) is 2.43. The van der Waals surface area contributed by atoms with Crippen LogP contribution in [0, 0.1) is 27.3 Å². The van der Waals surface area contributed by atoms with Crippen LogP contribution in [0.25, 0.3) is 0 Å². The Morgan fingerprint density at radius 1 is 1.37 bits per heavy atom. The van der Waals surface area contributed by atoms with Crippen LogP contribution < -0.4 is 5.32 Å². The summed E-state index contributed by atoms with van der Waals surface area (Å²) in [5.74, 6) is -0.870. The summed E-state index contributed by atoms with van der Waals surface area (Å²) in [5, 5.41) is 23.0. The molecule has 0 spiro atoms. The maximum atomic E-state index is 13.2. The Kier molecular flexibility index (Phi) is 3.65. The third-order valence-corrected chi connectivity index (χ3v) is 3.45. The average molecular weight is 263 g/mol. The smallest absolute Gasteiger partial charge is 0.306 e. The maximum absolute atomic E-state index is 13.2. The van der Waals surface area contributed by atoms with Gasteiger partial charge in [0.2, 0.25) is 5.82 Å². The van der Waals surface area contributed by atoms with Crippen LogP contribution in [0.1, 0.15) is 32.1 Å². The molecule has 0 aromatic heterocycles. The van der Waals surface area contributed by atoms with Crippen LogP contribution in [0.2, 0.25) is 0 Å². The molecule has 1 aromatic rings. The van der Waals surface area contributed by atoms with Gasteiger partial charge in [0.25, 0.3) is 0 Å². The lowest BCUT2D eigenvalue weighted by Gasteiger charge is -2.32. The van der Waals surface area contributed by atoms with Crippen molar-refractivity contribution in [2.75, 3.05) is 5.32 Å². The minimum Gasteiger partial charge on any atom is -0.367 e. The minimum atomic E-state index is -0.870. The van der Waals surface area contributed by atoms with Crippen molar-refractivity contribution in [1.82, 2.24) is 0 Å². The molecular formula is C13H14FN3O2. The number of nitro benzene ring substituents is 1. The molecule has 5 nitrogen and oxygen atoms in total. The molecule has 1 saturated carbocycles. The number of hydrogen-bond acceptors (Lipinski definition) is 4. The predicted molar refractivity (Wildman–Crippen MR) is 68.1 cm³/mol. The van der Waals surface area contributed by atoms with Crippen molar-refractivity contribution in [3.8, 4) is 6.07 Å². The molecule has 0 aliphatic heterocycles. The van der Waals surface area contributed by atoms with Gasteiger partial charge in [-0.1, -0.05) is 19.3 Å². The largest absolute Gasteiger partial charge is 0.367 e. The Morgan fingerprint density at radius 3 is 2.63 bits per heavy atom. The summed E-state index contributed by atoms with van der Waals surface area (Å²) in [6, 6.07) is 5.87. The van der Waals surface area contributed by atoms with Gasteiger partial charge in [-0.3, -0.25) is 10.1 Å². The summed E-state index contributed by atoms with van der Waals surface area (Å²) in [6.45, 7) is 0. The van der Waals surface area contributed by atoms with Gasteiger partial charge in [-0.25, -0.2) is 0 Å². The molecule has 1 fully saturated rings. The summed E-state index contributed by atoms with van der Waals surface area (Å²) in [6.07, 6.45) is 4.39. The van der Waals surface area contributed by atoms with Crippen LogP contribution in [0.3, 0.4) is 0 Å². The number of nitriles is 1. The number of halogens is 1. The highest BCUT2D eigenvalue weighted by atomic mass is 19.1. The lowest BCUT2D eigenvalue weighted by molar-refractivity contribution is -0.387. The molecule has 1 N–H and O–H groups in total. The molecule has 0 atom stereocenters. The Labute approximate surface area is 110 Å². The normalized spacial score (nSPS) is 17.5. The number of nitrogens with zero attached hydrogens (tertiary/aromatic N) is 2. The molecule has 1 aromatic carbocycles. The van der Waals surface area contributed by atoms with Crippen LogP contribution in [-0.2, 0) is 0 Å². The van der Waals surface area contributed by atoms with Crippen molar-refractivity contribution in [3.63, 3.8) is 0 Å². The quantitative estimate of drug-likeness (QED) is 0.669. The van der Waals surface area contributed by atoms with Crippen LogP contribution in [0.5, 0.6) is 0 Å². The monoisotopic (exact) mass is 263 g/mol. The molecular weight excluding hydrogens is 249 g/mol. The fourth-order valence-electron chi connectivity index (χ4n) is 2.43. The first kappa shape index (κ1) is 13.3. The lowest BCUT2D eigenvalue weighted by Crippen LogP contribution is -2.38. The van der Waals surface area contributed by atoms with Crippen LogP contribution in [0.4, 0.5) is 15.8 Å². The van der Waals surface area contributed by atoms with E-state index in [9.17, 15) is 19.8 Å². The first-order valence-electron chi connectivity index (χ1n) is 6.20. The average Bonchev–Trinajstić information content (AvgIpc) is 2.42. The predicted octanol–water partition coefficient (Wildman–Crippen LogP) is 3.37. The molecule has 0 saturated heterocycles. The van der Waals surface area contributed by atoms with Gasteiger partial charge in [0, 0.05) is 11.8 Å². The maximum Gasteiger partial charge on any atom is 0.306 e.